The molecule has 0 saturated carbocycles. The third-order valence-corrected chi connectivity index (χ3v) is 5.16. The van der Waals surface area contributed by atoms with Crippen molar-refractivity contribution in [1.29, 1.82) is 0 Å². The standard InChI is InChI=1S/C17H33N3O2/c1-4-16-14-20(11-10-18(16)12-13-22-5-2)15(3)17(21)19-8-6-7-9-19/h15-16H,4-14H2,1-3H3. The fourth-order valence-electron chi connectivity index (χ4n) is 3.63. The first-order valence-electron chi connectivity index (χ1n) is 9.02. The van der Waals surface area contributed by atoms with Gasteiger partial charge in [-0.3, -0.25) is 14.6 Å². The molecule has 2 saturated heterocycles. The van der Waals surface area contributed by atoms with Gasteiger partial charge in [0.2, 0.25) is 5.91 Å². The van der Waals surface area contributed by atoms with Crippen molar-refractivity contribution in [2.75, 3.05) is 52.5 Å². The van der Waals surface area contributed by atoms with E-state index in [0.29, 0.717) is 11.9 Å². The Hall–Kier alpha value is -0.650. The maximum Gasteiger partial charge on any atom is 0.239 e. The molecule has 0 N–H and O–H groups in total. The van der Waals surface area contributed by atoms with Gasteiger partial charge in [0.25, 0.3) is 0 Å². The average molecular weight is 311 g/mol. The van der Waals surface area contributed by atoms with Crippen LogP contribution in [0.5, 0.6) is 0 Å². The first kappa shape index (κ1) is 17.7. The van der Waals surface area contributed by atoms with E-state index in [9.17, 15) is 4.79 Å². The lowest BCUT2D eigenvalue weighted by molar-refractivity contribution is -0.136. The number of rotatable bonds is 7. The first-order chi connectivity index (χ1) is 10.7. The zero-order chi connectivity index (χ0) is 15.9. The maximum absolute atomic E-state index is 12.6. The van der Waals surface area contributed by atoms with Crippen LogP contribution in [0.15, 0.2) is 0 Å². The molecule has 0 spiro atoms. The van der Waals surface area contributed by atoms with Crippen LogP contribution in [-0.2, 0) is 9.53 Å². The molecule has 5 heteroatoms. The molecule has 5 nitrogen and oxygen atoms in total. The Balaban J connectivity index is 1.84. The van der Waals surface area contributed by atoms with Crippen molar-refractivity contribution in [1.82, 2.24) is 14.7 Å². The molecule has 2 atom stereocenters. The molecule has 2 unspecified atom stereocenters. The highest BCUT2D eigenvalue weighted by Gasteiger charge is 2.33. The molecule has 2 aliphatic heterocycles. The summed E-state index contributed by atoms with van der Waals surface area (Å²) in [4.78, 5) is 19.5. The summed E-state index contributed by atoms with van der Waals surface area (Å²) in [5, 5.41) is 0. The van der Waals surface area contributed by atoms with Gasteiger partial charge in [0.15, 0.2) is 0 Å². The van der Waals surface area contributed by atoms with Gasteiger partial charge in [-0.25, -0.2) is 0 Å². The molecule has 2 rings (SSSR count). The van der Waals surface area contributed by atoms with Crippen LogP contribution in [-0.4, -0.2) is 85.2 Å². The van der Waals surface area contributed by atoms with E-state index < -0.39 is 0 Å². The summed E-state index contributed by atoms with van der Waals surface area (Å²) in [6.07, 6.45) is 3.47. The van der Waals surface area contributed by atoms with E-state index in [2.05, 4.69) is 23.6 Å². The van der Waals surface area contributed by atoms with Crippen molar-refractivity contribution in [2.45, 2.75) is 52.1 Å². The fraction of sp³-hybridized carbons (Fsp3) is 0.941. The molecular formula is C17H33N3O2. The van der Waals surface area contributed by atoms with Crippen molar-refractivity contribution < 1.29 is 9.53 Å². The number of hydrogen-bond acceptors (Lipinski definition) is 4. The van der Waals surface area contributed by atoms with E-state index in [1.54, 1.807) is 0 Å². The SMILES string of the molecule is CCOCCN1CCN(C(C)C(=O)N2CCCC2)CC1CC. The molecule has 128 valence electrons. The third-order valence-electron chi connectivity index (χ3n) is 5.16. The van der Waals surface area contributed by atoms with Crippen LogP contribution in [0.4, 0.5) is 0 Å². The number of carbonyl (C=O) groups is 1. The average Bonchev–Trinajstić information content (AvgIpc) is 3.08. The summed E-state index contributed by atoms with van der Waals surface area (Å²) in [6, 6.07) is 0.573. The Morgan fingerprint density at radius 1 is 1.18 bits per heavy atom. The van der Waals surface area contributed by atoms with Crippen LogP contribution in [0.2, 0.25) is 0 Å². The molecule has 2 heterocycles. The zero-order valence-corrected chi connectivity index (χ0v) is 14.6. The molecule has 0 aromatic rings. The van der Waals surface area contributed by atoms with Crippen molar-refractivity contribution in [3.05, 3.63) is 0 Å². The van der Waals surface area contributed by atoms with E-state index in [0.717, 1.165) is 58.9 Å². The van der Waals surface area contributed by atoms with Gasteiger partial charge in [0.05, 0.1) is 12.6 Å². The fourth-order valence-corrected chi connectivity index (χ4v) is 3.63. The van der Waals surface area contributed by atoms with Crippen LogP contribution >= 0.6 is 0 Å². The van der Waals surface area contributed by atoms with Gasteiger partial charge in [-0.2, -0.15) is 0 Å². The minimum Gasteiger partial charge on any atom is -0.380 e. The molecule has 0 radical (unpaired) electrons. The van der Waals surface area contributed by atoms with Crippen LogP contribution < -0.4 is 0 Å². The minimum absolute atomic E-state index is 0.0289. The molecule has 0 aliphatic carbocycles. The van der Waals surface area contributed by atoms with E-state index >= 15 is 0 Å². The van der Waals surface area contributed by atoms with Crippen LogP contribution in [0.25, 0.3) is 0 Å². The molecule has 0 aromatic carbocycles. The van der Waals surface area contributed by atoms with Gasteiger partial charge >= 0.3 is 0 Å². The van der Waals surface area contributed by atoms with Gasteiger partial charge in [-0.1, -0.05) is 6.92 Å². The van der Waals surface area contributed by atoms with E-state index in [1.165, 1.54) is 12.8 Å². The Labute approximate surface area is 135 Å². The van der Waals surface area contributed by atoms with Gasteiger partial charge < -0.3 is 9.64 Å². The Bertz CT molecular complexity index is 345. The summed E-state index contributed by atoms with van der Waals surface area (Å²) in [7, 11) is 0. The van der Waals surface area contributed by atoms with Gasteiger partial charge in [0.1, 0.15) is 0 Å². The lowest BCUT2D eigenvalue weighted by Gasteiger charge is -2.43. The molecule has 2 fully saturated rings. The van der Waals surface area contributed by atoms with E-state index in [-0.39, 0.29) is 6.04 Å². The predicted molar refractivity (Wildman–Crippen MR) is 89.0 cm³/mol. The minimum atomic E-state index is 0.0289. The Morgan fingerprint density at radius 2 is 1.91 bits per heavy atom. The lowest BCUT2D eigenvalue weighted by Crippen LogP contribution is -2.58. The number of ether oxygens (including phenoxy) is 1. The summed E-state index contributed by atoms with van der Waals surface area (Å²) in [5.74, 6) is 0.329. The largest absolute Gasteiger partial charge is 0.380 e. The van der Waals surface area contributed by atoms with Gasteiger partial charge in [-0.05, 0) is 33.1 Å². The van der Waals surface area contributed by atoms with Crippen LogP contribution in [0.1, 0.15) is 40.0 Å². The smallest absolute Gasteiger partial charge is 0.239 e. The number of hydrogen-bond donors (Lipinski definition) is 0. The van der Waals surface area contributed by atoms with Crippen LogP contribution in [0.3, 0.4) is 0 Å². The normalized spacial score (nSPS) is 25.6. The molecule has 2 aliphatic rings. The lowest BCUT2D eigenvalue weighted by atomic mass is 10.1. The number of nitrogens with zero attached hydrogens (tertiary/aromatic N) is 3. The van der Waals surface area contributed by atoms with Crippen LogP contribution in [0, 0.1) is 0 Å². The highest BCUT2D eigenvalue weighted by Crippen LogP contribution is 2.18. The molecule has 1 amide bonds. The summed E-state index contributed by atoms with van der Waals surface area (Å²) >= 11 is 0. The topological polar surface area (TPSA) is 36.0 Å². The number of amides is 1. The molecular weight excluding hydrogens is 278 g/mol. The summed E-state index contributed by atoms with van der Waals surface area (Å²) < 4.78 is 5.49. The van der Waals surface area contributed by atoms with E-state index in [4.69, 9.17) is 4.74 Å². The highest BCUT2D eigenvalue weighted by atomic mass is 16.5. The van der Waals surface area contributed by atoms with E-state index in [1.807, 2.05) is 11.8 Å². The number of likely N-dealkylation sites (tertiary alicyclic amines) is 1. The zero-order valence-electron chi connectivity index (χ0n) is 14.6. The predicted octanol–water partition coefficient (Wildman–Crippen LogP) is 1.43. The maximum atomic E-state index is 12.6. The summed E-state index contributed by atoms with van der Waals surface area (Å²) in [5.41, 5.74) is 0. The monoisotopic (exact) mass is 311 g/mol. The molecule has 22 heavy (non-hydrogen) atoms. The second-order valence-electron chi connectivity index (χ2n) is 6.50. The van der Waals surface area contributed by atoms with Gasteiger partial charge in [0, 0.05) is 51.9 Å². The second kappa shape index (κ2) is 8.85. The number of carbonyl (C=O) groups excluding carboxylic acids is 1. The Morgan fingerprint density at radius 3 is 2.55 bits per heavy atom. The first-order valence-corrected chi connectivity index (χ1v) is 9.02. The molecule has 0 bridgehead atoms. The summed E-state index contributed by atoms with van der Waals surface area (Å²) in [6.45, 7) is 13.9. The Kier molecular flexibility index (Phi) is 7.12. The van der Waals surface area contributed by atoms with Crippen molar-refractivity contribution in [2.24, 2.45) is 0 Å². The third kappa shape index (κ3) is 4.43. The molecule has 0 aromatic heterocycles. The second-order valence-corrected chi connectivity index (χ2v) is 6.50. The van der Waals surface area contributed by atoms with Crippen molar-refractivity contribution in [3.8, 4) is 0 Å². The highest BCUT2D eigenvalue weighted by molar-refractivity contribution is 5.81. The van der Waals surface area contributed by atoms with Crippen molar-refractivity contribution in [3.63, 3.8) is 0 Å². The van der Waals surface area contributed by atoms with Crippen molar-refractivity contribution >= 4 is 5.91 Å². The number of piperazine rings is 1. The quantitative estimate of drug-likeness (QED) is 0.667. The van der Waals surface area contributed by atoms with Gasteiger partial charge in [-0.15, -0.1) is 0 Å².